The van der Waals surface area contributed by atoms with Crippen LogP contribution in [0.5, 0.6) is 0 Å². The van der Waals surface area contributed by atoms with Gasteiger partial charge in [0.25, 0.3) is 0 Å². The smallest absolute Gasteiger partial charge is 0.0992 e. The molecule has 2 heterocycles. The summed E-state index contributed by atoms with van der Waals surface area (Å²) in [5, 5.41) is 12.3. The van der Waals surface area contributed by atoms with Crippen molar-refractivity contribution in [3.05, 3.63) is 95.8 Å². The van der Waals surface area contributed by atoms with Crippen molar-refractivity contribution in [2.75, 3.05) is 0 Å². The summed E-state index contributed by atoms with van der Waals surface area (Å²) in [6.45, 7) is 13.5. The largest absolute Gasteiger partial charge is 0.309 e. The standard InChI is InChI=1S/C32H31N3/c1-31(2,3)24-7-9-27-28-10-8-25(32(4,5)6)19-30(28)35(29(27)18-24)26-16-21(20-33)15-23(17-26)22-11-13-34-14-12-22/h7-19H,1-6H3. The first-order valence-electron chi connectivity index (χ1n) is 12.1. The Morgan fingerprint density at radius 3 is 1.69 bits per heavy atom. The lowest BCUT2D eigenvalue weighted by molar-refractivity contribution is 0.591. The number of hydrogen-bond donors (Lipinski definition) is 0. The molecule has 0 amide bonds. The molecule has 0 unspecified atom stereocenters. The Hall–Kier alpha value is -3.90. The van der Waals surface area contributed by atoms with Crippen LogP contribution in [-0.2, 0) is 10.8 Å². The lowest BCUT2D eigenvalue weighted by atomic mass is 9.86. The first-order valence-corrected chi connectivity index (χ1v) is 12.1. The fourth-order valence-corrected chi connectivity index (χ4v) is 4.75. The molecule has 3 aromatic carbocycles. The van der Waals surface area contributed by atoms with Gasteiger partial charge in [-0.1, -0.05) is 65.8 Å². The van der Waals surface area contributed by atoms with Crippen LogP contribution in [-0.4, -0.2) is 9.55 Å². The Balaban J connectivity index is 1.90. The molecule has 174 valence electrons. The van der Waals surface area contributed by atoms with E-state index in [1.54, 1.807) is 12.4 Å². The molecule has 0 saturated carbocycles. The number of pyridine rings is 1. The zero-order chi connectivity index (χ0) is 25.0. The van der Waals surface area contributed by atoms with E-state index in [1.807, 2.05) is 24.3 Å². The van der Waals surface area contributed by atoms with Crippen LogP contribution in [0.15, 0.2) is 79.1 Å². The molecule has 0 radical (unpaired) electrons. The SMILES string of the molecule is CC(C)(C)c1ccc2c3ccc(C(C)(C)C)cc3n(-c3cc(C#N)cc(-c4ccncc4)c3)c2c1. The summed E-state index contributed by atoms with van der Waals surface area (Å²) >= 11 is 0. The van der Waals surface area contributed by atoms with Gasteiger partial charge in [0.2, 0.25) is 0 Å². The van der Waals surface area contributed by atoms with Crippen LogP contribution in [0.4, 0.5) is 0 Å². The summed E-state index contributed by atoms with van der Waals surface area (Å²) in [7, 11) is 0. The second-order valence-electron chi connectivity index (χ2n) is 11.4. The molecule has 0 spiro atoms. The van der Waals surface area contributed by atoms with Gasteiger partial charge in [-0.05, 0) is 75.5 Å². The Morgan fingerprint density at radius 1 is 0.657 bits per heavy atom. The monoisotopic (exact) mass is 457 g/mol. The minimum Gasteiger partial charge on any atom is -0.309 e. The molecule has 0 aliphatic heterocycles. The molecular weight excluding hydrogens is 426 g/mol. The van der Waals surface area contributed by atoms with Gasteiger partial charge in [0.05, 0.1) is 22.7 Å². The van der Waals surface area contributed by atoms with Crippen molar-refractivity contribution in [1.29, 1.82) is 5.26 Å². The van der Waals surface area contributed by atoms with Gasteiger partial charge in [0.15, 0.2) is 0 Å². The van der Waals surface area contributed by atoms with Crippen molar-refractivity contribution < 1.29 is 0 Å². The highest BCUT2D eigenvalue weighted by atomic mass is 15.0. The van der Waals surface area contributed by atoms with E-state index in [1.165, 1.54) is 21.9 Å². The molecule has 0 N–H and O–H groups in total. The van der Waals surface area contributed by atoms with Gasteiger partial charge in [-0.2, -0.15) is 5.26 Å². The lowest BCUT2D eigenvalue weighted by Crippen LogP contribution is -2.11. The van der Waals surface area contributed by atoms with E-state index < -0.39 is 0 Å². The summed E-state index contributed by atoms with van der Waals surface area (Å²) in [6.07, 6.45) is 3.58. The van der Waals surface area contributed by atoms with E-state index in [9.17, 15) is 5.26 Å². The highest BCUT2D eigenvalue weighted by Crippen LogP contribution is 2.38. The summed E-state index contributed by atoms with van der Waals surface area (Å²) in [5.41, 5.74) is 8.65. The van der Waals surface area contributed by atoms with E-state index in [-0.39, 0.29) is 10.8 Å². The van der Waals surface area contributed by atoms with Crippen LogP contribution < -0.4 is 0 Å². The molecule has 0 aliphatic carbocycles. The average Bonchev–Trinajstić information content (AvgIpc) is 3.16. The predicted molar refractivity (Wildman–Crippen MR) is 146 cm³/mol. The van der Waals surface area contributed by atoms with Crippen LogP contribution in [0.2, 0.25) is 0 Å². The van der Waals surface area contributed by atoms with E-state index >= 15 is 0 Å². The van der Waals surface area contributed by atoms with Gasteiger partial charge in [0.1, 0.15) is 0 Å². The molecule has 0 fully saturated rings. The van der Waals surface area contributed by atoms with Crippen molar-refractivity contribution in [2.24, 2.45) is 0 Å². The number of aromatic nitrogens is 2. The van der Waals surface area contributed by atoms with Crippen molar-refractivity contribution in [3.8, 4) is 22.9 Å². The van der Waals surface area contributed by atoms with Crippen molar-refractivity contribution in [1.82, 2.24) is 9.55 Å². The van der Waals surface area contributed by atoms with Crippen LogP contribution in [0.3, 0.4) is 0 Å². The minimum absolute atomic E-state index is 0.0305. The van der Waals surface area contributed by atoms with E-state index in [0.29, 0.717) is 5.56 Å². The van der Waals surface area contributed by atoms with Crippen molar-refractivity contribution in [2.45, 2.75) is 52.4 Å². The minimum atomic E-state index is 0.0305. The van der Waals surface area contributed by atoms with Gasteiger partial charge in [0, 0.05) is 28.9 Å². The Morgan fingerprint density at radius 2 is 1.20 bits per heavy atom. The van der Waals surface area contributed by atoms with Crippen LogP contribution >= 0.6 is 0 Å². The first-order chi connectivity index (χ1) is 16.6. The Bertz CT molecular complexity index is 1530. The summed E-state index contributed by atoms with van der Waals surface area (Å²) < 4.78 is 2.33. The number of fused-ring (bicyclic) bond motifs is 3. The van der Waals surface area contributed by atoms with E-state index in [4.69, 9.17) is 0 Å². The normalized spacial score (nSPS) is 12.3. The summed E-state index contributed by atoms with van der Waals surface area (Å²) in [6, 6.07) is 26.1. The number of nitriles is 1. The number of rotatable bonds is 2. The fraction of sp³-hybridized carbons (Fsp3) is 0.250. The third-order valence-electron chi connectivity index (χ3n) is 6.82. The molecule has 0 aliphatic rings. The zero-order valence-electron chi connectivity index (χ0n) is 21.3. The van der Waals surface area contributed by atoms with Crippen LogP contribution in [0, 0.1) is 11.3 Å². The third kappa shape index (κ3) is 4.10. The average molecular weight is 458 g/mol. The maximum absolute atomic E-state index is 9.89. The number of hydrogen-bond acceptors (Lipinski definition) is 2. The van der Waals surface area contributed by atoms with Crippen LogP contribution in [0.1, 0.15) is 58.2 Å². The highest BCUT2D eigenvalue weighted by molar-refractivity contribution is 6.09. The van der Waals surface area contributed by atoms with Gasteiger partial charge >= 0.3 is 0 Å². The topological polar surface area (TPSA) is 41.6 Å². The summed E-state index contributed by atoms with van der Waals surface area (Å²) in [4.78, 5) is 4.16. The second-order valence-corrected chi connectivity index (χ2v) is 11.4. The molecule has 5 aromatic rings. The molecule has 0 bridgehead atoms. The number of benzene rings is 3. The quantitative estimate of drug-likeness (QED) is 0.267. The molecule has 0 saturated heterocycles. The second kappa shape index (κ2) is 8.10. The Kier molecular flexibility index (Phi) is 5.29. The molecular formula is C32H31N3. The van der Waals surface area contributed by atoms with Gasteiger partial charge in [-0.3, -0.25) is 4.98 Å². The molecule has 2 aromatic heterocycles. The van der Waals surface area contributed by atoms with Gasteiger partial charge in [-0.25, -0.2) is 0 Å². The lowest BCUT2D eigenvalue weighted by Gasteiger charge is -2.20. The summed E-state index contributed by atoms with van der Waals surface area (Å²) in [5.74, 6) is 0. The Labute approximate surface area is 207 Å². The highest BCUT2D eigenvalue weighted by Gasteiger charge is 2.21. The maximum atomic E-state index is 9.89. The van der Waals surface area contributed by atoms with Gasteiger partial charge in [-0.15, -0.1) is 0 Å². The molecule has 5 rings (SSSR count). The van der Waals surface area contributed by atoms with E-state index in [0.717, 1.165) is 27.8 Å². The predicted octanol–water partition coefficient (Wildman–Crippen LogP) is 8.31. The number of nitrogens with zero attached hydrogens (tertiary/aromatic N) is 3. The van der Waals surface area contributed by atoms with Crippen molar-refractivity contribution in [3.63, 3.8) is 0 Å². The molecule has 35 heavy (non-hydrogen) atoms. The van der Waals surface area contributed by atoms with E-state index in [2.05, 4.69) is 99.6 Å². The first kappa shape index (κ1) is 22.9. The zero-order valence-corrected chi connectivity index (χ0v) is 21.3. The van der Waals surface area contributed by atoms with Crippen molar-refractivity contribution >= 4 is 21.8 Å². The molecule has 0 atom stereocenters. The molecule has 3 nitrogen and oxygen atoms in total. The van der Waals surface area contributed by atoms with Crippen LogP contribution in [0.25, 0.3) is 38.6 Å². The fourth-order valence-electron chi connectivity index (χ4n) is 4.75. The maximum Gasteiger partial charge on any atom is 0.0992 e. The molecule has 3 heteroatoms. The van der Waals surface area contributed by atoms with Gasteiger partial charge < -0.3 is 4.57 Å². The third-order valence-corrected chi connectivity index (χ3v) is 6.82.